The molecule has 0 bridgehead atoms. The normalized spacial score (nSPS) is 16.6. The van der Waals surface area contributed by atoms with Gasteiger partial charge in [0.2, 0.25) is 10.0 Å². The van der Waals surface area contributed by atoms with Gasteiger partial charge in [0.1, 0.15) is 6.04 Å². The summed E-state index contributed by atoms with van der Waals surface area (Å²) in [5, 5.41) is 2.57. The van der Waals surface area contributed by atoms with E-state index in [1.54, 1.807) is 38.1 Å². The first kappa shape index (κ1) is 25.4. The predicted octanol–water partition coefficient (Wildman–Crippen LogP) is 1.50. The molecule has 0 saturated carbocycles. The van der Waals surface area contributed by atoms with Gasteiger partial charge in [-0.1, -0.05) is 32.0 Å². The minimum atomic E-state index is -3.64. The molecule has 1 aliphatic heterocycles. The van der Waals surface area contributed by atoms with Crippen LogP contribution in [0.4, 0.5) is 0 Å². The number of piperazine rings is 1. The number of amides is 2. The third-order valence-corrected chi connectivity index (χ3v) is 7.44. The minimum Gasteiger partial charge on any atom is -0.459 e. The molecule has 2 amide bonds. The second-order valence-electron chi connectivity index (χ2n) is 8.29. The van der Waals surface area contributed by atoms with Crippen molar-refractivity contribution in [2.24, 2.45) is 5.92 Å². The number of sulfonamides is 1. The molecule has 11 heteroatoms. The van der Waals surface area contributed by atoms with E-state index in [1.165, 1.54) is 40.6 Å². The number of carbonyl (C=O) groups is 3. The molecule has 0 radical (unpaired) electrons. The number of hydrogen-bond donors (Lipinski definition) is 1. The SMILES string of the molecule is CC(OC(=O)[C@@H](NC(=O)c1ccco1)C(C)C)C(=O)N1CCN(S(=O)(=O)c2ccccc2)CC1. The molecule has 2 atom stereocenters. The highest BCUT2D eigenvalue weighted by molar-refractivity contribution is 7.89. The minimum absolute atomic E-state index is 0.0610. The number of nitrogens with one attached hydrogen (secondary N) is 1. The van der Waals surface area contributed by atoms with Crippen molar-refractivity contribution in [2.75, 3.05) is 26.2 Å². The first-order valence-corrected chi connectivity index (χ1v) is 12.4. The van der Waals surface area contributed by atoms with Crippen molar-refractivity contribution in [3.8, 4) is 0 Å². The van der Waals surface area contributed by atoms with Crippen molar-refractivity contribution in [3.05, 3.63) is 54.5 Å². The summed E-state index contributed by atoms with van der Waals surface area (Å²) >= 11 is 0. The molecule has 1 aliphatic rings. The molecule has 1 fully saturated rings. The molecule has 1 N–H and O–H groups in total. The van der Waals surface area contributed by atoms with Crippen molar-refractivity contribution in [1.82, 2.24) is 14.5 Å². The molecule has 3 rings (SSSR count). The van der Waals surface area contributed by atoms with Gasteiger partial charge in [0, 0.05) is 26.2 Å². The highest BCUT2D eigenvalue weighted by Crippen LogP contribution is 2.18. The lowest BCUT2D eigenvalue weighted by atomic mass is 10.0. The van der Waals surface area contributed by atoms with Crippen LogP contribution in [0.15, 0.2) is 58.0 Å². The quantitative estimate of drug-likeness (QED) is 0.555. The maximum absolute atomic E-state index is 12.8. The van der Waals surface area contributed by atoms with E-state index in [1.807, 2.05) is 0 Å². The zero-order valence-electron chi connectivity index (χ0n) is 19.3. The van der Waals surface area contributed by atoms with Gasteiger partial charge in [0.25, 0.3) is 11.8 Å². The fourth-order valence-corrected chi connectivity index (χ4v) is 5.01. The van der Waals surface area contributed by atoms with Crippen molar-refractivity contribution in [3.63, 3.8) is 0 Å². The van der Waals surface area contributed by atoms with E-state index < -0.39 is 40.0 Å². The summed E-state index contributed by atoms with van der Waals surface area (Å²) in [6, 6.07) is 10.2. The van der Waals surface area contributed by atoms with Gasteiger partial charge in [-0.05, 0) is 37.1 Å². The average Bonchev–Trinajstić information content (AvgIpc) is 3.37. The summed E-state index contributed by atoms with van der Waals surface area (Å²) in [7, 11) is -3.64. The molecule has 2 heterocycles. The van der Waals surface area contributed by atoms with Gasteiger partial charge in [-0.2, -0.15) is 4.31 Å². The summed E-state index contributed by atoms with van der Waals surface area (Å²) in [6.45, 7) is 5.57. The number of rotatable bonds is 8. The van der Waals surface area contributed by atoms with Gasteiger partial charge in [0.15, 0.2) is 11.9 Å². The van der Waals surface area contributed by atoms with Crippen molar-refractivity contribution < 1.29 is 32.0 Å². The number of esters is 1. The molecule has 184 valence electrons. The van der Waals surface area contributed by atoms with Crippen LogP contribution < -0.4 is 5.32 Å². The van der Waals surface area contributed by atoms with Gasteiger partial charge >= 0.3 is 5.97 Å². The van der Waals surface area contributed by atoms with Gasteiger partial charge in [-0.25, -0.2) is 13.2 Å². The van der Waals surface area contributed by atoms with Crippen molar-refractivity contribution >= 4 is 27.8 Å². The van der Waals surface area contributed by atoms with Gasteiger partial charge in [0.05, 0.1) is 11.2 Å². The molecule has 1 saturated heterocycles. The fraction of sp³-hybridized carbons (Fsp3) is 0.435. The summed E-state index contributed by atoms with van der Waals surface area (Å²) in [4.78, 5) is 39.5. The molecule has 1 unspecified atom stereocenters. The number of carbonyl (C=O) groups excluding carboxylic acids is 3. The molecule has 1 aromatic heterocycles. The summed E-state index contributed by atoms with van der Waals surface area (Å²) in [6.07, 6.45) is 0.259. The van der Waals surface area contributed by atoms with Crippen LogP contribution in [-0.2, 0) is 24.3 Å². The fourth-order valence-electron chi connectivity index (χ4n) is 3.56. The van der Waals surface area contributed by atoms with Crippen molar-refractivity contribution in [1.29, 1.82) is 0 Å². The monoisotopic (exact) mass is 491 g/mol. The van der Waals surface area contributed by atoms with E-state index in [2.05, 4.69) is 5.32 Å². The van der Waals surface area contributed by atoms with Crippen LogP contribution in [0.2, 0.25) is 0 Å². The molecule has 1 aromatic carbocycles. The second kappa shape index (κ2) is 10.8. The molecule has 0 spiro atoms. The topological polar surface area (TPSA) is 126 Å². The average molecular weight is 492 g/mol. The lowest BCUT2D eigenvalue weighted by Crippen LogP contribution is -2.53. The van der Waals surface area contributed by atoms with Crippen LogP contribution in [0.3, 0.4) is 0 Å². The number of nitrogens with zero attached hydrogens (tertiary/aromatic N) is 2. The Labute approximate surface area is 198 Å². The number of benzene rings is 1. The van der Waals surface area contributed by atoms with Crippen LogP contribution in [0.25, 0.3) is 0 Å². The summed E-state index contributed by atoms with van der Waals surface area (Å²) < 4.78 is 37.3. The Hall–Kier alpha value is -3.18. The van der Waals surface area contributed by atoms with Gasteiger partial charge < -0.3 is 19.4 Å². The van der Waals surface area contributed by atoms with E-state index in [0.29, 0.717) is 0 Å². The van der Waals surface area contributed by atoms with Crippen LogP contribution in [-0.4, -0.2) is 73.7 Å². The van der Waals surface area contributed by atoms with Gasteiger partial charge in [-0.3, -0.25) is 9.59 Å². The summed E-state index contributed by atoms with van der Waals surface area (Å²) in [5.74, 6) is -1.95. The Bertz CT molecular complexity index is 1090. The lowest BCUT2D eigenvalue weighted by molar-refractivity contribution is -0.162. The maximum atomic E-state index is 12.8. The predicted molar refractivity (Wildman–Crippen MR) is 122 cm³/mol. The molecular formula is C23H29N3O7S. The first-order valence-electron chi connectivity index (χ1n) is 11.0. The number of ether oxygens (including phenoxy) is 1. The Balaban J connectivity index is 1.55. The second-order valence-corrected chi connectivity index (χ2v) is 10.2. The molecular weight excluding hydrogens is 462 g/mol. The molecule has 2 aromatic rings. The van der Waals surface area contributed by atoms with Crippen LogP contribution in [0.1, 0.15) is 31.3 Å². The third-order valence-electron chi connectivity index (χ3n) is 5.52. The summed E-state index contributed by atoms with van der Waals surface area (Å²) in [5.41, 5.74) is 0. The van der Waals surface area contributed by atoms with Gasteiger partial charge in [-0.15, -0.1) is 0 Å². The zero-order valence-corrected chi connectivity index (χ0v) is 20.2. The van der Waals surface area contributed by atoms with E-state index in [0.717, 1.165) is 0 Å². The third kappa shape index (κ3) is 5.84. The Morgan fingerprint density at radius 3 is 2.18 bits per heavy atom. The van der Waals surface area contributed by atoms with E-state index in [-0.39, 0.29) is 42.8 Å². The maximum Gasteiger partial charge on any atom is 0.329 e. The Morgan fingerprint density at radius 2 is 1.62 bits per heavy atom. The molecule has 0 aliphatic carbocycles. The Kier molecular flexibility index (Phi) is 8.11. The first-order chi connectivity index (χ1) is 16.1. The highest BCUT2D eigenvalue weighted by atomic mass is 32.2. The van der Waals surface area contributed by atoms with Crippen LogP contribution >= 0.6 is 0 Å². The van der Waals surface area contributed by atoms with Crippen LogP contribution in [0, 0.1) is 5.92 Å². The highest BCUT2D eigenvalue weighted by Gasteiger charge is 2.34. The van der Waals surface area contributed by atoms with Crippen LogP contribution in [0.5, 0.6) is 0 Å². The standard InChI is InChI=1S/C23H29N3O7S/c1-16(2)20(24-21(27)19-10-7-15-32-19)23(29)33-17(3)22(28)25-11-13-26(14-12-25)34(30,31)18-8-5-4-6-9-18/h4-10,15-17,20H,11-14H2,1-3H3,(H,24,27)/t17?,20-/m0/s1. The van der Waals surface area contributed by atoms with E-state index in [4.69, 9.17) is 9.15 Å². The molecule has 34 heavy (non-hydrogen) atoms. The van der Waals surface area contributed by atoms with Crippen molar-refractivity contribution in [2.45, 2.75) is 37.8 Å². The Morgan fingerprint density at radius 1 is 0.971 bits per heavy atom. The lowest BCUT2D eigenvalue weighted by Gasteiger charge is -2.35. The largest absolute Gasteiger partial charge is 0.459 e. The molecule has 10 nitrogen and oxygen atoms in total. The van der Waals surface area contributed by atoms with E-state index >= 15 is 0 Å². The number of furan rings is 1. The van der Waals surface area contributed by atoms with E-state index in [9.17, 15) is 22.8 Å². The zero-order chi connectivity index (χ0) is 24.9. The number of hydrogen-bond acceptors (Lipinski definition) is 7. The smallest absolute Gasteiger partial charge is 0.329 e.